The summed E-state index contributed by atoms with van der Waals surface area (Å²) in [6.45, 7) is 3.62. The van der Waals surface area contributed by atoms with Gasteiger partial charge in [-0.15, -0.1) is 0 Å². The summed E-state index contributed by atoms with van der Waals surface area (Å²) >= 11 is 0. The summed E-state index contributed by atoms with van der Waals surface area (Å²) in [4.78, 5) is 12.4. The predicted octanol–water partition coefficient (Wildman–Crippen LogP) is 4.30. The molecule has 0 aliphatic carbocycles. The van der Waals surface area contributed by atoms with E-state index in [0.717, 1.165) is 5.56 Å². The number of nitrogens with zero attached hydrogens (tertiary/aromatic N) is 1. The Kier molecular flexibility index (Phi) is 7.48. The molecule has 1 N–H and O–H groups in total. The van der Waals surface area contributed by atoms with E-state index in [9.17, 15) is 17.6 Å². The number of ether oxygens (including phenoxy) is 1. The topological polar surface area (TPSA) is 75.7 Å². The molecule has 3 aromatic carbocycles. The molecule has 1 atom stereocenters. The highest BCUT2D eigenvalue weighted by Crippen LogP contribution is 2.25. The zero-order valence-corrected chi connectivity index (χ0v) is 18.7. The number of anilines is 1. The summed E-state index contributed by atoms with van der Waals surface area (Å²) in [5.41, 5.74) is 1.28. The van der Waals surface area contributed by atoms with Crippen LogP contribution in [0.5, 0.6) is 5.75 Å². The largest absolute Gasteiger partial charge is 0.484 e. The van der Waals surface area contributed by atoms with Crippen molar-refractivity contribution < 1.29 is 22.3 Å². The van der Waals surface area contributed by atoms with Crippen molar-refractivity contribution in [3.63, 3.8) is 0 Å². The van der Waals surface area contributed by atoms with E-state index >= 15 is 0 Å². The van der Waals surface area contributed by atoms with Gasteiger partial charge in [0.1, 0.15) is 11.6 Å². The number of benzene rings is 3. The zero-order valence-electron chi connectivity index (χ0n) is 17.9. The van der Waals surface area contributed by atoms with Crippen molar-refractivity contribution in [2.24, 2.45) is 0 Å². The third-order valence-electron chi connectivity index (χ3n) is 4.86. The monoisotopic (exact) mass is 456 g/mol. The average molecular weight is 457 g/mol. The molecular formula is C24H25FN2O4S. The molecule has 0 saturated carbocycles. The number of carbonyl (C=O) groups is 1. The molecule has 8 heteroatoms. The maximum Gasteiger partial charge on any atom is 0.264 e. The Balaban J connectivity index is 1.60. The molecule has 0 heterocycles. The Bertz CT molecular complexity index is 1130. The van der Waals surface area contributed by atoms with Gasteiger partial charge in [0.25, 0.3) is 15.9 Å². The van der Waals surface area contributed by atoms with E-state index in [0.29, 0.717) is 11.4 Å². The van der Waals surface area contributed by atoms with Crippen LogP contribution in [0.3, 0.4) is 0 Å². The first-order valence-electron chi connectivity index (χ1n) is 10.2. The molecule has 0 unspecified atom stereocenters. The van der Waals surface area contributed by atoms with Gasteiger partial charge in [-0.25, -0.2) is 12.8 Å². The van der Waals surface area contributed by atoms with E-state index in [4.69, 9.17) is 4.74 Å². The molecule has 6 nitrogen and oxygen atoms in total. The SMILES string of the molecule is CCN(c1ccc(OCC(=O)N[C@@H](C)c2ccc(F)cc2)cc1)S(=O)(=O)c1ccccc1. The molecule has 0 saturated heterocycles. The number of hydrogen-bond donors (Lipinski definition) is 1. The van der Waals surface area contributed by atoms with Gasteiger partial charge < -0.3 is 10.1 Å². The summed E-state index contributed by atoms with van der Waals surface area (Å²) in [6, 6.07) is 20.4. The van der Waals surface area contributed by atoms with Crippen molar-refractivity contribution in [2.45, 2.75) is 24.8 Å². The van der Waals surface area contributed by atoms with Crippen molar-refractivity contribution in [3.05, 3.63) is 90.2 Å². The van der Waals surface area contributed by atoms with Crippen LogP contribution in [0.4, 0.5) is 10.1 Å². The van der Waals surface area contributed by atoms with E-state index in [1.807, 2.05) is 0 Å². The second kappa shape index (κ2) is 10.3. The first kappa shape index (κ1) is 23.3. The minimum atomic E-state index is -3.68. The van der Waals surface area contributed by atoms with Crippen LogP contribution in [0, 0.1) is 5.82 Å². The van der Waals surface area contributed by atoms with Crippen LogP contribution < -0.4 is 14.4 Å². The number of sulfonamides is 1. The summed E-state index contributed by atoms with van der Waals surface area (Å²) in [6.07, 6.45) is 0. The Morgan fingerprint density at radius 3 is 2.22 bits per heavy atom. The number of amides is 1. The van der Waals surface area contributed by atoms with Gasteiger partial charge in [-0.3, -0.25) is 9.10 Å². The quantitative estimate of drug-likeness (QED) is 0.521. The standard InChI is InChI=1S/C24H25FN2O4S/c1-3-27(32(29,30)23-7-5-4-6-8-23)21-13-15-22(16-14-21)31-17-24(28)26-18(2)19-9-11-20(25)12-10-19/h4-16,18H,3,17H2,1-2H3,(H,26,28)/t18-/m0/s1. The van der Waals surface area contributed by atoms with E-state index in [2.05, 4.69) is 5.32 Å². The highest BCUT2D eigenvalue weighted by Gasteiger charge is 2.23. The number of halogens is 1. The third kappa shape index (κ3) is 5.64. The van der Waals surface area contributed by atoms with Gasteiger partial charge in [-0.1, -0.05) is 30.3 Å². The summed E-state index contributed by atoms with van der Waals surface area (Å²) in [7, 11) is -3.68. The van der Waals surface area contributed by atoms with Crippen LogP contribution in [0.25, 0.3) is 0 Å². The number of hydrogen-bond acceptors (Lipinski definition) is 4. The van der Waals surface area contributed by atoms with Gasteiger partial charge in [0.05, 0.1) is 16.6 Å². The van der Waals surface area contributed by atoms with Gasteiger partial charge in [0.15, 0.2) is 6.61 Å². The normalized spacial score (nSPS) is 12.1. The lowest BCUT2D eigenvalue weighted by Crippen LogP contribution is -2.31. The van der Waals surface area contributed by atoms with Crippen LogP contribution in [-0.4, -0.2) is 27.5 Å². The second-order valence-electron chi connectivity index (χ2n) is 7.11. The van der Waals surface area contributed by atoms with Crippen molar-refractivity contribution in [1.82, 2.24) is 5.32 Å². The van der Waals surface area contributed by atoms with E-state index in [-0.39, 0.29) is 35.8 Å². The van der Waals surface area contributed by atoms with E-state index in [1.54, 1.807) is 80.6 Å². The fraction of sp³-hybridized carbons (Fsp3) is 0.208. The Morgan fingerprint density at radius 2 is 1.62 bits per heavy atom. The second-order valence-corrected chi connectivity index (χ2v) is 8.97. The summed E-state index contributed by atoms with van der Waals surface area (Å²) < 4.78 is 45.7. The molecule has 32 heavy (non-hydrogen) atoms. The highest BCUT2D eigenvalue weighted by molar-refractivity contribution is 7.92. The van der Waals surface area contributed by atoms with Crippen molar-refractivity contribution >= 4 is 21.6 Å². The molecule has 168 valence electrons. The maximum atomic E-state index is 13.0. The zero-order chi connectivity index (χ0) is 23.1. The van der Waals surface area contributed by atoms with Crippen molar-refractivity contribution in [1.29, 1.82) is 0 Å². The van der Waals surface area contributed by atoms with Gasteiger partial charge in [-0.05, 0) is 67.9 Å². The smallest absolute Gasteiger partial charge is 0.264 e. The Morgan fingerprint density at radius 1 is 1.00 bits per heavy atom. The first-order chi connectivity index (χ1) is 15.3. The van der Waals surface area contributed by atoms with E-state index < -0.39 is 10.0 Å². The van der Waals surface area contributed by atoms with Crippen molar-refractivity contribution in [3.8, 4) is 5.75 Å². The molecule has 0 radical (unpaired) electrons. The van der Waals surface area contributed by atoms with Crippen LogP contribution >= 0.6 is 0 Å². The third-order valence-corrected chi connectivity index (χ3v) is 6.78. The van der Waals surface area contributed by atoms with Crippen molar-refractivity contribution in [2.75, 3.05) is 17.5 Å². The molecule has 0 aromatic heterocycles. The summed E-state index contributed by atoms with van der Waals surface area (Å²) in [5.74, 6) is -0.225. The number of nitrogens with one attached hydrogen (secondary N) is 1. The summed E-state index contributed by atoms with van der Waals surface area (Å²) in [5, 5.41) is 2.79. The highest BCUT2D eigenvalue weighted by atomic mass is 32.2. The minimum absolute atomic E-state index is 0.204. The first-order valence-corrected chi connectivity index (χ1v) is 11.6. The molecule has 3 aromatic rings. The fourth-order valence-electron chi connectivity index (χ4n) is 3.19. The molecule has 0 fully saturated rings. The maximum absolute atomic E-state index is 13.0. The molecule has 0 aliphatic rings. The van der Waals surface area contributed by atoms with Gasteiger partial charge in [-0.2, -0.15) is 0 Å². The molecule has 0 spiro atoms. The molecule has 1 amide bonds. The predicted molar refractivity (Wildman–Crippen MR) is 122 cm³/mol. The van der Waals surface area contributed by atoms with Gasteiger partial charge in [0.2, 0.25) is 0 Å². The lowest BCUT2D eigenvalue weighted by molar-refractivity contribution is -0.123. The average Bonchev–Trinajstić information content (AvgIpc) is 2.80. The number of carbonyl (C=O) groups excluding carboxylic acids is 1. The fourth-order valence-corrected chi connectivity index (χ4v) is 4.68. The Labute approximate surface area is 187 Å². The van der Waals surface area contributed by atoms with Crippen LogP contribution in [0.15, 0.2) is 83.8 Å². The van der Waals surface area contributed by atoms with Gasteiger partial charge in [0, 0.05) is 6.54 Å². The molecule has 0 aliphatic heterocycles. The Hall–Kier alpha value is -3.39. The molecule has 0 bridgehead atoms. The van der Waals surface area contributed by atoms with Crippen LogP contribution in [0.2, 0.25) is 0 Å². The lowest BCUT2D eigenvalue weighted by atomic mass is 10.1. The van der Waals surface area contributed by atoms with Crippen LogP contribution in [0.1, 0.15) is 25.5 Å². The lowest BCUT2D eigenvalue weighted by Gasteiger charge is -2.23. The van der Waals surface area contributed by atoms with Gasteiger partial charge >= 0.3 is 0 Å². The van der Waals surface area contributed by atoms with Crippen LogP contribution in [-0.2, 0) is 14.8 Å². The number of rotatable bonds is 9. The molecule has 3 rings (SSSR count). The molecular weight excluding hydrogens is 431 g/mol. The minimum Gasteiger partial charge on any atom is -0.484 e. The van der Waals surface area contributed by atoms with E-state index in [1.165, 1.54) is 16.4 Å².